The Labute approximate surface area is 164 Å². The van der Waals surface area contributed by atoms with Crippen molar-refractivity contribution in [2.75, 3.05) is 0 Å². The van der Waals surface area contributed by atoms with E-state index in [1.165, 1.54) is 122 Å². The van der Waals surface area contributed by atoms with Crippen LogP contribution in [0.4, 0.5) is 0 Å². The third-order valence-electron chi connectivity index (χ3n) is 5.72. The lowest BCUT2D eigenvalue weighted by Crippen LogP contribution is -2.32. The fourth-order valence-corrected chi connectivity index (χ4v) is 3.91. The quantitative estimate of drug-likeness (QED) is 0.194. The Hall–Kier alpha value is -0.790. The zero-order valence-corrected chi connectivity index (χ0v) is 18.3. The van der Waals surface area contributed by atoms with Gasteiger partial charge < -0.3 is 0 Å². The lowest BCUT2D eigenvalue weighted by Gasteiger charge is -2.04. The fourth-order valence-electron chi connectivity index (χ4n) is 3.91. The van der Waals surface area contributed by atoms with Gasteiger partial charge in [0.2, 0.25) is 0 Å². The predicted molar refractivity (Wildman–Crippen MR) is 115 cm³/mol. The first kappa shape index (κ1) is 23.2. The second kappa shape index (κ2) is 16.4. The first-order chi connectivity index (χ1) is 12.8. The summed E-state index contributed by atoms with van der Waals surface area (Å²) in [4.78, 5) is 0. The van der Waals surface area contributed by atoms with Gasteiger partial charge in [0, 0.05) is 6.42 Å². The van der Waals surface area contributed by atoms with E-state index in [4.69, 9.17) is 0 Å². The average Bonchev–Trinajstić information content (AvgIpc) is 2.99. The summed E-state index contributed by atoms with van der Waals surface area (Å²) in [7, 11) is 2.20. The van der Waals surface area contributed by atoms with E-state index in [0.717, 1.165) is 0 Å². The van der Waals surface area contributed by atoms with Crippen LogP contribution >= 0.6 is 0 Å². The topological polar surface area (TPSA) is 8.81 Å². The van der Waals surface area contributed by atoms with Crippen molar-refractivity contribution in [3.8, 4) is 0 Å². The third-order valence-corrected chi connectivity index (χ3v) is 5.72. The smallest absolute Gasteiger partial charge is 0.237 e. The lowest BCUT2D eigenvalue weighted by molar-refractivity contribution is -0.678. The van der Waals surface area contributed by atoms with Crippen molar-refractivity contribution in [3.63, 3.8) is 0 Å². The highest BCUT2D eigenvalue weighted by Gasteiger charge is 2.13. The third kappa shape index (κ3) is 11.0. The van der Waals surface area contributed by atoms with Gasteiger partial charge in [-0.25, -0.2) is 9.13 Å². The van der Waals surface area contributed by atoms with Crippen LogP contribution in [0, 0.1) is 0 Å². The van der Waals surface area contributed by atoms with Crippen molar-refractivity contribution in [1.82, 2.24) is 4.57 Å². The van der Waals surface area contributed by atoms with Crippen LogP contribution in [-0.4, -0.2) is 4.57 Å². The lowest BCUT2D eigenvalue weighted by atomic mass is 10.0. The molecule has 0 spiro atoms. The van der Waals surface area contributed by atoms with Crippen LogP contribution in [0.25, 0.3) is 0 Å². The van der Waals surface area contributed by atoms with Gasteiger partial charge in [0.25, 0.3) is 5.82 Å². The molecule has 0 radical (unpaired) electrons. The number of imidazole rings is 1. The molecule has 0 amide bonds. The largest absolute Gasteiger partial charge is 0.256 e. The minimum absolute atomic E-state index is 1.20. The Morgan fingerprint density at radius 2 is 1.12 bits per heavy atom. The van der Waals surface area contributed by atoms with Crippen molar-refractivity contribution >= 4 is 0 Å². The molecule has 0 aromatic carbocycles. The maximum absolute atomic E-state index is 2.48. The summed E-state index contributed by atoms with van der Waals surface area (Å²) in [5.41, 5.74) is 0. The van der Waals surface area contributed by atoms with Crippen molar-refractivity contribution < 1.29 is 4.57 Å². The molecule has 0 saturated heterocycles. The molecule has 0 aliphatic carbocycles. The molecule has 0 unspecified atom stereocenters. The second-order valence-corrected chi connectivity index (χ2v) is 8.22. The molecule has 1 aromatic heterocycles. The molecule has 0 aliphatic rings. The highest BCUT2D eigenvalue weighted by atomic mass is 15.1. The van der Waals surface area contributed by atoms with Crippen LogP contribution in [0.5, 0.6) is 0 Å². The first-order valence-corrected chi connectivity index (χ1v) is 11.8. The van der Waals surface area contributed by atoms with Crippen molar-refractivity contribution in [2.24, 2.45) is 7.05 Å². The van der Waals surface area contributed by atoms with Gasteiger partial charge in [-0.1, -0.05) is 97.3 Å². The summed E-state index contributed by atoms with van der Waals surface area (Å²) < 4.78 is 4.81. The first-order valence-electron chi connectivity index (χ1n) is 11.8. The minimum atomic E-state index is 1.20. The van der Waals surface area contributed by atoms with Gasteiger partial charge in [-0.3, -0.25) is 0 Å². The molecule has 0 bridgehead atoms. The van der Waals surface area contributed by atoms with E-state index < -0.39 is 0 Å². The molecule has 1 heterocycles. The maximum Gasteiger partial charge on any atom is 0.256 e. The average molecular weight is 364 g/mol. The molecule has 0 N–H and O–H groups in total. The van der Waals surface area contributed by atoms with E-state index >= 15 is 0 Å². The number of aromatic nitrogens is 2. The fraction of sp³-hybridized carbons (Fsp3) is 0.875. The Balaban J connectivity index is 1.97. The van der Waals surface area contributed by atoms with Crippen LogP contribution in [0.2, 0.25) is 0 Å². The van der Waals surface area contributed by atoms with Gasteiger partial charge in [0.05, 0.1) is 13.6 Å². The molecule has 2 heteroatoms. The van der Waals surface area contributed by atoms with E-state index in [2.05, 4.69) is 42.4 Å². The molecule has 26 heavy (non-hydrogen) atoms. The second-order valence-electron chi connectivity index (χ2n) is 8.22. The van der Waals surface area contributed by atoms with Gasteiger partial charge in [-0.2, -0.15) is 0 Å². The summed E-state index contributed by atoms with van der Waals surface area (Å²) in [5.74, 6) is 1.52. The molecule has 152 valence electrons. The number of aryl methyl sites for hydroxylation is 2. The molecule has 0 fully saturated rings. The monoisotopic (exact) mass is 363 g/mol. The van der Waals surface area contributed by atoms with Crippen LogP contribution < -0.4 is 4.57 Å². The Kier molecular flexibility index (Phi) is 14.7. The highest BCUT2D eigenvalue weighted by molar-refractivity contribution is 4.84. The summed E-state index contributed by atoms with van der Waals surface area (Å²) in [6.07, 6.45) is 28.4. The molecule has 0 aliphatic heterocycles. The van der Waals surface area contributed by atoms with E-state index in [-0.39, 0.29) is 0 Å². The van der Waals surface area contributed by atoms with Gasteiger partial charge in [0.1, 0.15) is 12.4 Å². The van der Waals surface area contributed by atoms with Crippen LogP contribution in [0.3, 0.4) is 0 Å². The normalized spacial score (nSPS) is 11.3. The summed E-state index contributed by atoms with van der Waals surface area (Å²) in [6.45, 7) is 5.78. The predicted octanol–water partition coefficient (Wildman–Crippen LogP) is 7.14. The summed E-state index contributed by atoms with van der Waals surface area (Å²) in [6, 6.07) is 0. The maximum atomic E-state index is 2.48. The van der Waals surface area contributed by atoms with E-state index in [1.54, 1.807) is 0 Å². The van der Waals surface area contributed by atoms with Crippen LogP contribution in [0.1, 0.15) is 122 Å². The molecule has 1 aromatic rings. The molecule has 0 saturated carbocycles. The zero-order chi connectivity index (χ0) is 18.9. The molecular formula is C24H47N2+. The number of nitrogens with zero attached hydrogens (tertiary/aromatic N) is 2. The Morgan fingerprint density at radius 3 is 1.65 bits per heavy atom. The van der Waals surface area contributed by atoms with Crippen molar-refractivity contribution in [3.05, 3.63) is 18.2 Å². The van der Waals surface area contributed by atoms with Gasteiger partial charge >= 0.3 is 0 Å². The highest BCUT2D eigenvalue weighted by Crippen LogP contribution is 2.13. The van der Waals surface area contributed by atoms with Gasteiger partial charge in [-0.15, -0.1) is 0 Å². The van der Waals surface area contributed by atoms with Crippen molar-refractivity contribution in [2.45, 2.75) is 130 Å². The van der Waals surface area contributed by atoms with Crippen LogP contribution in [-0.2, 0) is 20.0 Å². The SMILES string of the molecule is CCCCCCCCCCCCCCCc1n(CCCCC)cc[n+]1C. The summed E-state index contributed by atoms with van der Waals surface area (Å²) >= 11 is 0. The standard InChI is InChI=1S/C24H47N2/c1-4-6-8-9-10-11-12-13-14-15-16-17-18-20-24-25(3)22-23-26(24)21-19-7-5-2/h22-23H,4-21H2,1-3H3/q+1. The van der Waals surface area contributed by atoms with E-state index in [0.29, 0.717) is 0 Å². The Morgan fingerprint density at radius 1 is 0.654 bits per heavy atom. The van der Waals surface area contributed by atoms with Crippen molar-refractivity contribution in [1.29, 1.82) is 0 Å². The molecule has 0 atom stereocenters. The van der Waals surface area contributed by atoms with Gasteiger partial charge in [-0.05, 0) is 19.3 Å². The van der Waals surface area contributed by atoms with E-state index in [9.17, 15) is 0 Å². The number of rotatable bonds is 18. The van der Waals surface area contributed by atoms with E-state index in [1.807, 2.05) is 0 Å². The number of hydrogen-bond acceptors (Lipinski definition) is 0. The molecule has 1 rings (SSSR count). The zero-order valence-electron chi connectivity index (χ0n) is 18.3. The van der Waals surface area contributed by atoms with Crippen LogP contribution in [0.15, 0.2) is 12.4 Å². The number of unbranched alkanes of at least 4 members (excludes halogenated alkanes) is 14. The molecular weight excluding hydrogens is 316 g/mol. The summed E-state index contributed by atoms with van der Waals surface area (Å²) in [5, 5.41) is 0. The van der Waals surface area contributed by atoms with Gasteiger partial charge in [0.15, 0.2) is 0 Å². The Bertz CT molecular complexity index is 422. The minimum Gasteiger partial charge on any atom is -0.237 e. The molecule has 2 nitrogen and oxygen atoms in total. The number of hydrogen-bond donors (Lipinski definition) is 0.